The second kappa shape index (κ2) is 7.13. The highest BCUT2D eigenvalue weighted by Gasteiger charge is 2.07. The van der Waals surface area contributed by atoms with E-state index < -0.39 is 0 Å². The third kappa shape index (κ3) is 3.39. The average molecular weight is 363 g/mol. The molecule has 0 spiro atoms. The van der Waals surface area contributed by atoms with E-state index in [1.807, 2.05) is 42.5 Å². The van der Waals surface area contributed by atoms with E-state index in [0.717, 1.165) is 16.9 Å². The summed E-state index contributed by atoms with van der Waals surface area (Å²) >= 11 is 1.51. The molecule has 0 aliphatic rings. The minimum atomic E-state index is -0.0217. The Balaban J connectivity index is 1.43. The van der Waals surface area contributed by atoms with Crippen molar-refractivity contribution in [3.05, 3.63) is 70.8 Å². The summed E-state index contributed by atoms with van der Waals surface area (Å²) in [5.41, 5.74) is 2.91. The highest BCUT2D eigenvalue weighted by Crippen LogP contribution is 2.19. The summed E-state index contributed by atoms with van der Waals surface area (Å²) < 4.78 is 1.63. The van der Waals surface area contributed by atoms with Crippen molar-refractivity contribution in [3.8, 4) is 11.4 Å². The molecule has 0 saturated carbocycles. The van der Waals surface area contributed by atoms with E-state index in [2.05, 4.69) is 27.1 Å². The van der Waals surface area contributed by atoms with Crippen molar-refractivity contribution in [2.45, 2.75) is 18.6 Å². The van der Waals surface area contributed by atoms with Gasteiger partial charge < -0.3 is 0 Å². The fourth-order valence-electron chi connectivity index (χ4n) is 2.65. The molecule has 1 N–H and O–H groups in total. The van der Waals surface area contributed by atoms with Crippen LogP contribution in [0.5, 0.6) is 0 Å². The molecule has 0 aliphatic carbocycles. The molecule has 0 aliphatic heterocycles. The van der Waals surface area contributed by atoms with Gasteiger partial charge in [-0.3, -0.25) is 14.5 Å². The predicted molar refractivity (Wildman–Crippen MR) is 103 cm³/mol. The maximum absolute atomic E-state index is 12.5. The lowest BCUT2D eigenvalue weighted by Crippen LogP contribution is -2.21. The van der Waals surface area contributed by atoms with Crippen molar-refractivity contribution in [1.82, 2.24) is 24.7 Å². The summed E-state index contributed by atoms with van der Waals surface area (Å²) in [4.78, 5) is 21.3. The van der Waals surface area contributed by atoms with Gasteiger partial charge in [0.1, 0.15) is 0 Å². The highest BCUT2D eigenvalue weighted by molar-refractivity contribution is 7.99. The van der Waals surface area contributed by atoms with Crippen molar-refractivity contribution in [2.24, 2.45) is 0 Å². The van der Waals surface area contributed by atoms with E-state index in [1.165, 1.54) is 17.3 Å². The summed E-state index contributed by atoms with van der Waals surface area (Å²) in [6.45, 7) is 2.60. The van der Waals surface area contributed by atoms with Gasteiger partial charge in [0.15, 0.2) is 5.82 Å². The van der Waals surface area contributed by atoms with Gasteiger partial charge in [0, 0.05) is 17.9 Å². The van der Waals surface area contributed by atoms with E-state index in [-0.39, 0.29) is 5.56 Å². The first-order valence-corrected chi connectivity index (χ1v) is 9.26. The minimum absolute atomic E-state index is 0.0217. The van der Waals surface area contributed by atoms with Crippen molar-refractivity contribution in [2.75, 3.05) is 5.75 Å². The second-order valence-electron chi connectivity index (χ2n) is 5.94. The zero-order valence-electron chi connectivity index (χ0n) is 14.2. The third-order valence-corrected chi connectivity index (χ3v) is 4.91. The number of rotatable bonds is 5. The number of thioether (sulfide) groups is 1. The Hall–Kier alpha value is -2.93. The average Bonchev–Trinajstić information content (AvgIpc) is 3.13. The highest BCUT2D eigenvalue weighted by atomic mass is 32.2. The molecule has 6 nitrogen and oxygen atoms in total. The Labute approximate surface area is 154 Å². The molecule has 0 unspecified atom stereocenters. The van der Waals surface area contributed by atoms with Crippen LogP contribution in [0.15, 0.2) is 64.8 Å². The molecule has 26 heavy (non-hydrogen) atoms. The van der Waals surface area contributed by atoms with E-state index in [0.29, 0.717) is 22.8 Å². The molecule has 0 bridgehead atoms. The summed E-state index contributed by atoms with van der Waals surface area (Å²) in [5.74, 6) is 1.43. The standard InChI is InChI=1S/C19H17N5OS/c1-13-6-8-14(9-7-13)17-21-19(23-22-17)26-11-10-24-12-20-16-5-3-2-4-15(16)18(24)25/h2-9,12H,10-11H2,1H3,(H,21,22,23). The molecule has 2 aromatic heterocycles. The van der Waals surface area contributed by atoms with Crippen LogP contribution in [0.1, 0.15) is 5.56 Å². The van der Waals surface area contributed by atoms with E-state index in [1.54, 1.807) is 17.0 Å². The van der Waals surface area contributed by atoms with E-state index in [9.17, 15) is 4.79 Å². The molecule has 0 atom stereocenters. The summed E-state index contributed by atoms with van der Waals surface area (Å²) in [6, 6.07) is 15.5. The number of aromatic amines is 1. The molecule has 130 valence electrons. The predicted octanol–water partition coefficient (Wildman–Crippen LogP) is 3.28. The number of aryl methyl sites for hydroxylation is 2. The monoisotopic (exact) mass is 363 g/mol. The summed E-state index contributed by atoms with van der Waals surface area (Å²) in [6.07, 6.45) is 1.60. The summed E-state index contributed by atoms with van der Waals surface area (Å²) in [5, 5.41) is 8.51. The molecular formula is C19H17N5OS. The largest absolute Gasteiger partial charge is 0.298 e. The first-order valence-electron chi connectivity index (χ1n) is 8.27. The number of nitrogens with one attached hydrogen (secondary N) is 1. The van der Waals surface area contributed by atoms with Gasteiger partial charge in [-0.2, -0.15) is 0 Å². The van der Waals surface area contributed by atoms with Crippen LogP contribution in [0.3, 0.4) is 0 Å². The molecule has 2 aromatic carbocycles. The van der Waals surface area contributed by atoms with Gasteiger partial charge in [-0.1, -0.05) is 53.7 Å². The maximum Gasteiger partial charge on any atom is 0.261 e. The molecule has 7 heteroatoms. The minimum Gasteiger partial charge on any atom is -0.298 e. The molecule has 0 radical (unpaired) electrons. The molecule has 2 heterocycles. The number of para-hydroxylation sites is 1. The van der Waals surface area contributed by atoms with E-state index >= 15 is 0 Å². The van der Waals surface area contributed by atoms with Crippen LogP contribution in [-0.2, 0) is 6.54 Å². The zero-order chi connectivity index (χ0) is 17.9. The Morgan fingerprint density at radius 3 is 2.77 bits per heavy atom. The second-order valence-corrected chi connectivity index (χ2v) is 7.00. The smallest absolute Gasteiger partial charge is 0.261 e. The molecule has 4 rings (SSSR count). The number of nitrogens with zero attached hydrogens (tertiary/aromatic N) is 4. The van der Waals surface area contributed by atoms with Crippen molar-refractivity contribution in [3.63, 3.8) is 0 Å². The van der Waals surface area contributed by atoms with Crippen LogP contribution in [0.4, 0.5) is 0 Å². The first kappa shape index (κ1) is 16.5. The molecule has 0 amide bonds. The SMILES string of the molecule is Cc1ccc(-c2nc(SCCn3cnc4ccccc4c3=O)n[nH]2)cc1. The van der Waals surface area contributed by atoms with Crippen molar-refractivity contribution in [1.29, 1.82) is 0 Å². The number of benzene rings is 2. The van der Waals surface area contributed by atoms with Gasteiger partial charge in [0.25, 0.3) is 5.56 Å². The Morgan fingerprint density at radius 1 is 1.12 bits per heavy atom. The van der Waals surface area contributed by atoms with E-state index in [4.69, 9.17) is 0 Å². The molecule has 0 fully saturated rings. The van der Waals surface area contributed by atoms with Gasteiger partial charge in [0.2, 0.25) is 5.16 Å². The lowest BCUT2D eigenvalue weighted by molar-refractivity contribution is 0.724. The number of hydrogen-bond acceptors (Lipinski definition) is 5. The molecular weight excluding hydrogens is 346 g/mol. The lowest BCUT2D eigenvalue weighted by atomic mass is 10.1. The quantitative estimate of drug-likeness (QED) is 0.551. The van der Waals surface area contributed by atoms with Gasteiger partial charge >= 0.3 is 0 Å². The van der Waals surface area contributed by atoms with Gasteiger partial charge in [0.05, 0.1) is 17.2 Å². The Morgan fingerprint density at radius 2 is 1.92 bits per heavy atom. The first-order chi connectivity index (χ1) is 12.7. The maximum atomic E-state index is 12.5. The third-order valence-electron chi connectivity index (χ3n) is 4.08. The molecule has 4 aromatic rings. The number of hydrogen-bond donors (Lipinski definition) is 1. The normalized spacial score (nSPS) is 11.1. The number of fused-ring (bicyclic) bond motifs is 1. The van der Waals surface area contributed by atoms with Crippen molar-refractivity contribution >= 4 is 22.7 Å². The van der Waals surface area contributed by atoms with Gasteiger partial charge in [-0.15, -0.1) is 5.10 Å². The van der Waals surface area contributed by atoms with Crippen LogP contribution in [0.2, 0.25) is 0 Å². The lowest BCUT2D eigenvalue weighted by Gasteiger charge is -2.05. The van der Waals surface area contributed by atoms with Crippen molar-refractivity contribution < 1.29 is 0 Å². The van der Waals surface area contributed by atoms with Gasteiger partial charge in [-0.25, -0.2) is 9.97 Å². The number of H-pyrrole nitrogens is 1. The molecule has 0 saturated heterocycles. The summed E-state index contributed by atoms with van der Waals surface area (Å²) in [7, 11) is 0. The van der Waals surface area contributed by atoms with Crippen LogP contribution in [0.25, 0.3) is 22.3 Å². The Bertz CT molecular complexity index is 1100. The van der Waals surface area contributed by atoms with Crippen LogP contribution < -0.4 is 5.56 Å². The van der Waals surface area contributed by atoms with Crippen LogP contribution in [0, 0.1) is 6.92 Å². The fourth-order valence-corrected chi connectivity index (χ4v) is 3.39. The zero-order valence-corrected chi connectivity index (χ0v) is 15.0. The fraction of sp³-hybridized carbons (Fsp3) is 0.158. The van der Waals surface area contributed by atoms with Crippen LogP contribution >= 0.6 is 11.8 Å². The van der Waals surface area contributed by atoms with Gasteiger partial charge in [-0.05, 0) is 19.1 Å². The van der Waals surface area contributed by atoms with Crippen LogP contribution in [-0.4, -0.2) is 30.5 Å². The number of aromatic nitrogens is 5. The topological polar surface area (TPSA) is 76.5 Å². The Kier molecular flexibility index (Phi) is 4.53.